The van der Waals surface area contributed by atoms with Crippen molar-refractivity contribution in [2.24, 2.45) is 0 Å². The molecule has 0 radical (unpaired) electrons. The maximum atomic E-state index is 2.52. The second-order valence-corrected chi connectivity index (χ2v) is 19.4. The molecule has 82 valence electrons. The number of rotatable bonds is 3. The van der Waals surface area contributed by atoms with Crippen molar-refractivity contribution in [2.75, 3.05) is 0 Å². The van der Waals surface area contributed by atoms with Gasteiger partial charge in [0, 0.05) is 0 Å². The van der Waals surface area contributed by atoms with E-state index in [1.165, 1.54) is 12.8 Å². The van der Waals surface area contributed by atoms with Gasteiger partial charge in [0.2, 0.25) is 0 Å². The Morgan fingerprint density at radius 1 is 1.20 bits per heavy atom. The average Bonchev–Trinajstić information content (AvgIpc) is 2.73. The van der Waals surface area contributed by atoms with Crippen LogP contribution in [0.25, 0.3) is 0 Å². The molecule has 0 aliphatic heterocycles. The van der Waals surface area contributed by atoms with Crippen LogP contribution >= 0.6 is 0 Å². The molecule has 0 N–H and O–H groups in total. The summed E-state index contributed by atoms with van der Waals surface area (Å²) >= 11 is -1.96. The van der Waals surface area contributed by atoms with Gasteiger partial charge in [-0.3, -0.25) is 0 Å². The first-order chi connectivity index (χ1) is 7.07. The van der Waals surface area contributed by atoms with Crippen LogP contribution in [0.1, 0.15) is 15.7 Å². The zero-order valence-electron chi connectivity index (χ0n) is 11.8. The van der Waals surface area contributed by atoms with Gasteiger partial charge in [-0.25, -0.2) is 0 Å². The number of allylic oxidation sites excluding steroid dienone is 8. The van der Waals surface area contributed by atoms with E-state index in [1.807, 2.05) is 7.69 Å². The van der Waals surface area contributed by atoms with Crippen molar-refractivity contribution in [1.82, 2.24) is 0 Å². The van der Waals surface area contributed by atoms with Gasteiger partial charge in [-0.2, -0.15) is 0 Å². The van der Waals surface area contributed by atoms with Crippen LogP contribution in [0.3, 0.4) is 0 Å². The van der Waals surface area contributed by atoms with Gasteiger partial charge in [0.1, 0.15) is 0 Å². The topological polar surface area (TPSA) is 0 Å². The fraction of sp³-hybridized carbons (Fsp3) is 0.385. The fourth-order valence-corrected chi connectivity index (χ4v) is 14.0. The summed E-state index contributed by atoms with van der Waals surface area (Å²) in [5, 5.41) is 0. The first-order valence-corrected chi connectivity index (χ1v) is 15.4. The largest absolute Gasteiger partial charge is 1.00 e. The van der Waals surface area contributed by atoms with Crippen molar-refractivity contribution in [3.05, 3.63) is 41.3 Å². The van der Waals surface area contributed by atoms with Crippen LogP contribution in [-0.2, 0) is 23.2 Å². The van der Waals surface area contributed by atoms with Gasteiger partial charge >= 0.3 is 108 Å². The molecular formula is C13H20GeZr-2. The molecule has 0 aromatic carbocycles. The standard InChI is InChI=1S/C8H13Ge.C5H5.Zr.2H/c1-9(2,3)8-6-4-5-7-8;1-2-4-5-3-1;;;/h4,6H,5H2,1-3H3;1-3H,4H2;;;/q;;;2*-1. The van der Waals surface area contributed by atoms with Crippen LogP contribution < -0.4 is 0 Å². The zero-order valence-corrected chi connectivity index (χ0v) is 14.4. The molecule has 0 amide bonds. The number of hydrogen-bond acceptors (Lipinski definition) is 0. The van der Waals surface area contributed by atoms with Crippen molar-refractivity contribution in [2.45, 2.75) is 30.1 Å². The van der Waals surface area contributed by atoms with Crippen LogP contribution in [-0.4, -0.2) is 13.3 Å². The van der Waals surface area contributed by atoms with Crippen molar-refractivity contribution < 1.29 is 26.1 Å². The molecule has 0 nitrogen and oxygen atoms in total. The molecule has 0 atom stereocenters. The summed E-state index contributed by atoms with van der Waals surface area (Å²) in [7, 11) is 0. The van der Waals surface area contributed by atoms with E-state index in [2.05, 4.69) is 47.6 Å². The summed E-state index contributed by atoms with van der Waals surface area (Å²) in [6.07, 6.45) is 14.3. The molecule has 0 fully saturated rings. The molecule has 0 saturated carbocycles. The molecule has 0 aromatic heterocycles. The van der Waals surface area contributed by atoms with E-state index >= 15 is 0 Å². The Kier molecular flexibility index (Phi) is 3.73. The number of hydrogen-bond donors (Lipinski definition) is 0. The smallest absolute Gasteiger partial charge is 1.00 e. The van der Waals surface area contributed by atoms with Gasteiger partial charge in [0.05, 0.1) is 0 Å². The minimum absolute atomic E-state index is 0. The third-order valence-corrected chi connectivity index (χ3v) is 12.1. The summed E-state index contributed by atoms with van der Waals surface area (Å²) in [5.74, 6) is 7.56. The van der Waals surface area contributed by atoms with E-state index in [4.69, 9.17) is 0 Å². The summed E-state index contributed by atoms with van der Waals surface area (Å²) in [5.41, 5.74) is 0. The summed E-state index contributed by atoms with van der Waals surface area (Å²) in [4.78, 5) is 0. The molecular weight excluding hydrogens is 320 g/mol. The molecule has 0 unspecified atom stereocenters. The molecule has 2 heteroatoms. The van der Waals surface area contributed by atoms with Crippen LogP contribution in [0.2, 0.25) is 17.3 Å². The van der Waals surface area contributed by atoms with Gasteiger partial charge < -0.3 is 2.85 Å². The van der Waals surface area contributed by atoms with Crippen LogP contribution in [0.4, 0.5) is 0 Å². The van der Waals surface area contributed by atoms with Crippen molar-refractivity contribution in [1.29, 1.82) is 0 Å². The van der Waals surface area contributed by atoms with Gasteiger partial charge in [-0.15, -0.1) is 0 Å². The third kappa shape index (κ3) is 2.94. The molecule has 0 bridgehead atoms. The predicted molar refractivity (Wildman–Crippen MR) is 68.2 cm³/mol. The Balaban J connectivity index is 0.00000128. The third-order valence-electron chi connectivity index (χ3n) is 2.82. The van der Waals surface area contributed by atoms with E-state index in [9.17, 15) is 0 Å². The minimum atomic E-state index is -1.57. The molecule has 15 heavy (non-hydrogen) atoms. The summed E-state index contributed by atoms with van der Waals surface area (Å²) in [6, 6.07) is 0. The Bertz CT molecular complexity index is 387. The molecule has 0 aromatic rings. The summed E-state index contributed by atoms with van der Waals surface area (Å²) < 4.78 is 5.46. The van der Waals surface area contributed by atoms with E-state index in [0.717, 1.165) is 0 Å². The second kappa shape index (κ2) is 4.71. The van der Waals surface area contributed by atoms with Gasteiger partial charge in [-0.1, -0.05) is 0 Å². The predicted octanol–water partition coefficient (Wildman–Crippen LogP) is 4.23. The SMILES string of the molecule is [CH3][Ge]([CH3])([CH3])[C]1=[C]([Zr][C]2=CC=CC2)CC=C1.[H-].[H-]. The Morgan fingerprint density at radius 3 is 2.60 bits per heavy atom. The van der Waals surface area contributed by atoms with Gasteiger partial charge in [0.15, 0.2) is 0 Å². The minimum Gasteiger partial charge on any atom is -1.00 e. The molecule has 2 aliphatic carbocycles. The van der Waals surface area contributed by atoms with Gasteiger partial charge in [-0.05, 0) is 0 Å². The maximum Gasteiger partial charge on any atom is -1.00 e. The van der Waals surface area contributed by atoms with E-state index in [1.54, 1.807) is 3.28 Å². The van der Waals surface area contributed by atoms with Crippen molar-refractivity contribution in [3.8, 4) is 0 Å². The van der Waals surface area contributed by atoms with E-state index < -0.39 is 36.5 Å². The molecule has 0 spiro atoms. The Morgan fingerprint density at radius 2 is 2.00 bits per heavy atom. The quantitative estimate of drug-likeness (QED) is 0.675. The monoisotopic (exact) mass is 340 g/mol. The molecule has 0 saturated heterocycles. The Labute approximate surface area is 110 Å². The van der Waals surface area contributed by atoms with E-state index in [-0.39, 0.29) is 2.85 Å². The van der Waals surface area contributed by atoms with E-state index in [0.29, 0.717) is 0 Å². The fourth-order valence-electron chi connectivity index (χ4n) is 2.06. The first-order valence-electron chi connectivity index (χ1n) is 5.60. The van der Waals surface area contributed by atoms with Crippen molar-refractivity contribution in [3.63, 3.8) is 0 Å². The molecule has 0 heterocycles. The zero-order chi connectivity index (χ0) is 10.9. The molecule has 2 aliphatic rings. The van der Waals surface area contributed by atoms with Crippen molar-refractivity contribution >= 4 is 13.3 Å². The van der Waals surface area contributed by atoms with Crippen LogP contribution in [0, 0.1) is 0 Å². The van der Waals surface area contributed by atoms with Crippen LogP contribution in [0.15, 0.2) is 41.3 Å². The first kappa shape index (κ1) is 11.9. The maximum absolute atomic E-state index is 2.52. The second-order valence-electron chi connectivity index (χ2n) is 5.20. The normalized spacial score (nSPS) is 20.1. The molecule has 2 rings (SSSR count). The summed E-state index contributed by atoms with van der Waals surface area (Å²) in [6.45, 7) is 0. The van der Waals surface area contributed by atoms with Gasteiger partial charge in [0.25, 0.3) is 0 Å². The van der Waals surface area contributed by atoms with Crippen LogP contribution in [0.5, 0.6) is 0 Å². The average molecular weight is 340 g/mol. The Hall–Kier alpha value is 0.386.